The van der Waals surface area contributed by atoms with Crippen LogP contribution >= 0.6 is 0 Å². The quantitative estimate of drug-likeness (QED) is 0.713. The van der Waals surface area contributed by atoms with Crippen LogP contribution in [0, 0.1) is 16.7 Å². The highest BCUT2D eigenvalue weighted by Crippen LogP contribution is 2.49. The van der Waals surface area contributed by atoms with Crippen molar-refractivity contribution >= 4 is 0 Å². The average Bonchev–Trinajstić information content (AvgIpc) is 2.06. The Kier molecular flexibility index (Phi) is 2.63. The van der Waals surface area contributed by atoms with E-state index in [2.05, 4.69) is 26.1 Å². The zero-order valence-corrected chi connectivity index (χ0v) is 10.0. The lowest BCUT2D eigenvalue weighted by molar-refractivity contribution is 0.0491. The van der Waals surface area contributed by atoms with Crippen LogP contribution in [0.4, 0.5) is 0 Å². The topological polar surface area (TPSA) is 12.0 Å². The first kappa shape index (κ1) is 10.5. The van der Waals surface area contributed by atoms with Gasteiger partial charge in [0.2, 0.25) is 0 Å². The zero-order valence-electron chi connectivity index (χ0n) is 10.0. The van der Waals surface area contributed by atoms with Gasteiger partial charge in [-0.2, -0.15) is 0 Å². The fourth-order valence-electron chi connectivity index (χ4n) is 3.18. The minimum atomic E-state index is 0.525. The highest BCUT2D eigenvalue weighted by atomic mass is 14.9. The Morgan fingerprint density at radius 1 is 1.21 bits per heavy atom. The van der Waals surface area contributed by atoms with Crippen molar-refractivity contribution in [3.63, 3.8) is 0 Å². The molecule has 0 aromatic carbocycles. The van der Waals surface area contributed by atoms with Crippen molar-refractivity contribution in [1.29, 1.82) is 0 Å². The van der Waals surface area contributed by atoms with Gasteiger partial charge in [0.05, 0.1) is 0 Å². The molecule has 2 fully saturated rings. The van der Waals surface area contributed by atoms with Gasteiger partial charge in [0.1, 0.15) is 0 Å². The number of nitrogens with one attached hydrogen (secondary N) is 1. The number of hydrogen-bond acceptors (Lipinski definition) is 1. The van der Waals surface area contributed by atoms with Crippen molar-refractivity contribution in [3.05, 3.63) is 0 Å². The molecule has 14 heavy (non-hydrogen) atoms. The van der Waals surface area contributed by atoms with E-state index in [-0.39, 0.29) is 0 Å². The maximum Gasteiger partial charge on any atom is 0.000518 e. The molecule has 82 valence electrons. The first-order valence-corrected chi connectivity index (χ1v) is 6.23. The predicted octanol–water partition coefficient (Wildman–Crippen LogP) is 3.20. The molecule has 0 amide bonds. The van der Waals surface area contributed by atoms with E-state index in [1.807, 2.05) is 0 Å². The molecule has 1 heterocycles. The van der Waals surface area contributed by atoms with Gasteiger partial charge in [-0.05, 0) is 49.0 Å². The summed E-state index contributed by atoms with van der Waals surface area (Å²) in [7, 11) is 0. The molecule has 0 aromatic heterocycles. The van der Waals surface area contributed by atoms with E-state index in [1.54, 1.807) is 0 Å². The first-order chi connectivity index (χ1) is 6.52. The van der Waals surface area contributed by atoms with Crippen LogP contribution in [0.5, 0.6) is 0 Å². The van der Waals surface area contributed by atoms with E-state index in [9.17, 15) is 0 Å². The Labute approximate surface area is 88.7 Å². The fraction of sp³-hybridized carbons (Fsp3) is 1.00. The van der Waals surface area contributed by atoms with Crippen LogP contribution in [-0.4, -0.2) is 13.1 Å². The van der Waals surface area contributed by atoms with Crippen molar-refractivity contribution in [1.82, 2.24) is 5.32 Å². The third-order valence-electron chi connectivity index (χ3n) is 4.66. The summed E-state index contributed by atoms with van der Waals surface area (Å²) in [4.78, 5) is 0. The van der Waals surface area contributed by atoms with Crippen molar-refractivity contribution in [3.8, 4) is 0 Å². The summed E-state index contributed by atoms with van der Waals surface area (Å²) in [5, 5.41) is 3.53. The van der Waals surface area contributed by atoms with Crippen LogP contribution in [0.25, 0.3) is 0 Å². The maximum absolute atomic E-state index is 3.53. The highest BCUT2D eigenvalue weighted by Gasteiger charge is 2.40. The van der Waals surface area contributed by atoms with Crippen LogP contribution in [0.15, 0.2) is 0 Å². The lowest BCUT2D eigenvalue weighted by Gasteiger charge is -2.47. The average molecular weight is 195 g/mol. The Morgan fingerprint density at radius 2 is 1.93 bits per heavy atom. The molecule has 1 saturated heterocycles. The third-order valence-corrected chi connectivity index (χ3v) is 4.66. The molecule has 1 atom stereocenters. The normalized spacial score (nSPS) is 34.9. The molecule has 2 rings (SSSR count). The maximum atomic E-state index is 3.53. The Bertz CT molecular complexity index is 203. The molecular formula is C13H25N. The first-order valence-electron chi connectivity index (χ1n) is 6.23. The molecule has 2 aliphatic rings. The van der Waals surface area contributed by atoms with Gasteiger partial charge in [0.25, 0.3) is 0 Å². The molecule has 1 unspecified atom stereocenters. The molecule has 1 heteroatoms. The minimum absolute atomic E-state index is 0.525. The van der Waals surface area contributed by atoms with E-state index < -0.39 is 0 Å². The highest BCUT2D eigenvalue weighted by molar-refractivity contribution is 4.92. The van der Waals surface area contributed by atoms with Gasteiger partial charge >= 0.3 is 0 Å². The molecule has 1 saturated carbocycles. The van der Waals surface area contributed by atoms with Crippen molar-refractivity contribution in [2.45, 2.75) is 52.9 Å². The predicted molar refractivity (Wildman–Crippen MR) is 61.3 cm³/mol. The van der Waals surface area contributed by atoms with Gasteiger partial charge in [-0.3, -0.25) is 0 Å². The van der Waals surface area contributed by atoms with Crippen LogP contribution in [-0.2, 0) is 0 Å². The van der Waals surface area contributed by atoms with E-state index in [1.165, 1.54) is 45.2 Å². The standard InChI is InChI=1S/C13H25N/c1-12(2)10-14-8-5-11(12)9-13(3)6-4-7-13/h11,14H,4-10H2,1-3H3. The van der Waals surface area contributed by atoms with E-state index in [4.69, 9.17) is 0 Å². The Balaban J connectivity index is 1.95. The smallest absolute Gasteiger partial charge is 0.000518 e. The summed E-state index contributed by atoms with van der Waals surface area (Å²) in [6, 6.07) is 0. The Morgan fingerprint density at radius 3 is 2.43 bits per heavy atom. The van der Waals surface area contributed by atoms with Crippen molar-refractivity contribution < 1.29 is 0 Å². The Hall–Kier alpha value is -0.0400. The zero-order chi connectivity index (χ0) is 10.2. The summed E-state index contributed by atoms with van der Waals surface area (Å²) >= 11 is 0. The van der Waals surface area contributed by atoms with Gasteiger partial charge in [0.15, 0.2) is 0 Å². The number of rotatable bonds is 2. The van der Waals surface area contributed by atoms with Gasteiger partial charge < -0.3 is 5.32 Å². The van der Waals surface area contributed by atoms with Gasteiger partial charge in [-0.15, -0.1) is 0 Å². The summed E-state index contributed by atoms with van der Waals surface area (Å²) in [5.41, 5.74) is 1.23. The molecule has 0 radical (unpaired) electrons. The molecule has 0 aromatic rings. The van der Waals surface area contributed by atoms with E-state index in [0.29, 0.717) is 10.8 Å². The molecule has 0 spiro atoms. The van der Waals surface area contributed by atoms with E-state index in [0.717, 1.165) is 5.92 Å². The summed E-state index contributed by atoms with van der Waals surface area (Å²) in [6.07, 6.45) is 7.30. The second kappa shape index (κ2) is 3.52. The van der Waals surface area contributed by atoms with Gasteiger partial charge in [-0.1, -0.05) is 27.2 Å². The van der Waals surface area contributed by atoms with E-state index >= 15 is 0 Å². The third kappa shape index (κ3) is 1.98. The van der Waals surface area contributed by atoms with Crippen LogP contribution < -0.4 is 5.32 Å². The van der Waals surface area contributed by atoms with Crippen LogP contribution in [0.2, 0.25) is 0 Å². The lowest BCUT2D eigenvalue weighted by Crippen LogP contribution is -2.45. The van der Waals surface area contributed by atoms with Gasteiger partial charge in [0, 0.05) is 6.54 Å². The number of piperidine rings is 1. The van der Waals surface area contributed by atoms with Crippen LogP contribution in [0.1, 0.15) is 52.9 Å². The van der Waals surface area contributed by atoms with Crippen molar-refractivity contribution in [2.24, 2.45) is 16.7 Å². The fourth-order valence-corrected chi connectivity index (χ4v) is 3.18. The molecule has 1 aliphatic heterocycles. The second-order valence-electron chi connectivity index (χ2n) is 6.52. The summed E-state index contributed by atoms with van der Waals surface area (Å²) in [6.45, 7) is 9.82. The van der Waals surface area contributed by atoms with Crippen LogP contribution in [0.3, 0.4) is 0 Å². The number of hydrogen-bond donors (Lipinski definition) is 1. The largest absolute Gasteiger partial charge is 0.316 e. The minimum Gasteiger partial charge on any atom is -0.316 e. The van der Waals surface area contributed by atoms with Gasteiger partial charge in [-0.25, -0.2) is 0 Å². The molecule has 0 bridgehead atoms. The lowest BCUT2D eigenvalue weighted by atomic mass is 9.60. The SMILES string of the molecule is CC1(CC2CCNCC2(C)C)CCC1. The molecular weight excluding hydrogens is 170 g/mol. The summed E-state index contributed by atoms with van der Waals surface area (Å²) < 4.78 is 0. The monoisotopic (exact) mass is 195 g/mol. The summed E-state index contributed by atoms with van der Waals surface area (Å²) in [5.74, 6) is 0.953. The molecule has 1 aliphatic carbocycles. The van der Waals surface area contributed by atoms with Crippen molar-refractivity contribution in [2.75, 3.05) is 13.1 Å². The molecule has 1 nitrogen and oxygen atoms in total. The molecule has 1 N–H and O–H groups in total. The second-order valence-corrected chi connectivity index (χ2v) is 6.52.